The van der Waals surface area contributed by atoms with Gasteiger partial charge in [0.15, 0.2) is 0 Å². The van der Waals surface area contributed by atoms with Gasteiger partial charge in [-0.2, -0.15) is 0 Å². The monoisotopic (exact) mass is 389 g/mol. The summed E-state index contributed by atoms with van der Waals surface area (Å²) in [4.78, 5) is 24.6. The summed E-state index contributed by atoms with van der Waals surface area (Å²) in [6.07, 6.45) is 1.35. The van der Waals surface area contributed by atoms with Crippen LogP contribution in [-0.2, 0) is 11.2 Å². The van der Waals surface area contributed by atoms with E-state index in [1.165, 1.54) is 5.56 Å². The Morgan fingerprint density at radius 3 is 2.37 bits per heavy atom. The van der Waals surface area contributed by atoms with Crippen molar-refractivity contribution in [2.24, 2.45) is 5.73 Å². The highest BCUT2D eigenvalue weighted by Crippen LogP contribution is 2.22. The van der Waals surface area contributed by atoms with E-state index < -0.39 is 0 Å². The van der Waals surface area contributed by atoms with Crippen molar-refractivity contribution >= 4 is 29.9 Å². The number of benzene rings is 2. The summed E-state index contributed by atoms with van der Waals surface area (Å²) in [5, 5.41) is 5.58. The first-order chi connectivity index (χ1) is 12.5. The molecular weight excluding hydrogens is 362 g/mol. The lowest BCUT2D eigenvalue weighted by Gasteiger charge is -2.14. The average Bonchev–Trinajstić information content (AvgIpc) is 2.66. The zero-order chi connectivity index (χ0) is 18.9. The Labute approximate surface area is 167 Å². The normalized spacial score (nSPS) is 11.2. The molecule has 2 aromatic rings. The number of halogens is 1. The molecule has 0 heterocycles. The first kappa shape index (κ1) is 22.7. The molecule has 4 N–H and O–H groups in total. The Morgan fingerprint density at radius 1 is 1.07 bits per heavy atom. The van der Waals surface area contributed by atoms with Gasteiger partial charge in [0, 0.05) is 19.5 Å². The lowest BCUT2D eigenvalue weighted by atomic mass is 9.96. The molecule has 0 saturated carbocycles. The van der Waals surface area contributed by atoms with Gasteiger partial charge in [-0.1, -0.05) is 50.2 Å². The van der Waals surface area contributed by atoms with Crippen LogP contribution in [0.5, 0.6) is 0 Å². The highest BCUT2D eigenvalue weighted by Gasteiger charge is 2.15. The predicted molar refractivity (Wildman–Crippen MR) is 113 cm³/mol. The largest absolute Gasteiger partial charge is 0.351 e. The molecule has 0 aliphatic heterocycles. The van der Waals surface area contributed by atoms with Crippen LogP contribution in [0.15, 0.2) is 48.5 Å². The fourth-order valence-electron chi connectivity index (χ4n) is 2.75. The first-order valence-electron chi connectivity index (χ1n) is 9.01. The molecule has 146 valence electrons. The van der Waals surface area contributed by atoms with Gasteiger partial charge in [-0.3, -0.25) is 9.59 Å². The molecule has 0 bridgehead atoms. The zero-order valence-electron chi connectivity index (χ0n) is 15.8. The maximum absolute atomic E-state index is 12.4. The lowest BCUT2D eigenvalue weighted by molar-refractivity contribution is -0.116. The van der Waals surface area contributed by atoms with Gasteiger partial charge in [-0.15, -0.1) is 12.4 Å². The molecule has 0 aliphatic carbocycles. The number of hydrogen-bond acceptors (Lipinski definition) is 3. The number of nitrogens with two attached hydrogens (primary N) is 1. The van der Waals surface area contributed by atoms with Crippen molar-refractivity contribution in [3.05, 3.63) is 65.2 Å². The number of anilines is 1. The molecule has 2 rings (SSSR count). The van der Waals surface area contributed by atoms with E-state index in [0.29, 0.717) is 30.8 Å². The summed E-state index contributed by atoms with van der Waals surface area (Å²) < 4.78 is 0. The summed E-state index contributed by atoms with van der Waals surface area (Å²) in [6.45, 7) is 4.91. The van der Waals surface area contributed by atoms with E-state index in [0.717, 1.165) is 12.0 Å². The number of carbonyl (C=O) groups excluding carboxylic acids is 2. The number of para-hydroxylation sites is 1. The molecule has 6 heteroatoms. The second kappa shape index (κ2) is 11.4. The van der Waals surface area contributed by atoms with Gasteiger partial charge < -0.3 is 16.4 Å². The Balaban J connectivity index is 0.00000364. The summed E-state index contributed by atoms with van der Waals surface area (Å²) in [5.74, 6) is -0.259. The maximum atomic E-state index is 12.4. The Hall–Kier alpha value is -2.37. The topological polar surface area (TPSA) is 84.2 Å². The van der Waals surface area contributed by atoms with E-state index in [1.54, 1.807) is 24.3 Å². The summed E-state index contributed by atoms with van der Waals surface area (Å²) in [5.41, 5.74) is 8.78. The van der Waals surface area contributed by atoms with Crippen LogP contribution >= 0.6 is 12.4 Å². The maximum Gasteiger partial charge on any atom is 0.253 e. The van der Waals surface area contributed by atoms with Gasteiger partial charge in [0.05, 0.1) is 11.3 Å². The minimum Gasteiger partial charge on any atom is -0.351 e. The van der Waals surface area contributed by atoms with E-state index >= 15 is 0 Å². The van der Waals surface area contributed by atoms with Gasteiger partial charge in [0.2, 0.25) is 5.91 Å². The summed E-state index contributed by atoms with van der Waals surface area (Å²) >= 11 is 0. The van der Waals surface area contributed by atoms with E-state index in [1.807, 2.05) is 6.92 Å². The zero-order valence-corrected chi connectivity index (χ0v) is 16.6. The first-order valence-corrected chi connectivity index (χ1v) is 9.01. The predicted octanol–water partition coefficient (Wildman–Crippen LogP) is 3.49. The molecule has 0 aliphatic rings. The van der Waals surface area contributed by atoms with Crippen molar-refractivity contribution in [2.75, 3.05) is 18.4 Å². The van der Waals surface area contributed by atoms with Crippen LogP contribution in [0.3, 0.4) is 0 Å². The third kappa shape index (κ3) is 6.70. The van der Waals surface area contributed by atoms with Gasteiger partial charge in [-0.05, 0) is 35.6 Å². The van der Waals surface area contributed by atoms with Crippen LogP contribution in [0.4, 0.5) is 5.69 Å². The third-order valence-electron chi connectivity index (χ3n) is 4.32. The van der Waals surface area contributed by atoms with E-state index in [9.17, 15) is 9.59 Å². The Kier molecular flexibility index (Phi) is 9.54. The Bertz CT molecular complexity index is 747. The molecular formula is C21H28ClN3O2. The number of amides is 2. The number of carbonyl (C=O) groups is 2. The minimum atomic E-state index is -0.241. The highest BCUT2D eigenvalue weighted by molar-refractivity contribution is 6.03. The van der Waals surface area contributed by atoms with Crippen LogP contribution in [-0.4, -0.2) is 24.9 Å². The van der Waals surface area contributed by atoms with Crippen LogP contribution in [0.2, 0.25) is 0 Å². The van der Waals surface area contributed by atoms with E-state index in [-0.39, 0.29) is 30.1 Å². The van der Waals surface area contributed by atoms with Crippen LogP contribution in [0, 0.1) is 0 Å². The molecule has 1 unspecified atom stereocenters. The smallest absolute Gasteiger partial charge is 0.253 e. The molecule has 0 aromatic heterocycles. The van der Waals surface area contributed by atoms with Crippen molar-refractivity contribution in [1.82, 2.24) is 5.32 Å². The summed E-state index contributed by atoms with van der Waals surface area (Å²) in [7, 11) is 0. The highest BCUT2D eigenvalue weighted by atomic mass is 35.5. The molecule has 0 saturated heterocycles. The lowest BCUT2D eigenvalue weighted by Crippen LogP contribution is -2.30. The Morgan fingerprint density at radius 2 is 1.74 bits per heavy atom. The third-order valence-corrected chi connectivity index (χ3v) is 4.32. The minimum absolute atomic E-state index is 0. The van der Waals surface area contributed by atoms with Gasteiger partial charge in [0.25, 0.3) is 5.91 Å². The molecule has 0 fully saturated rings. The molecule has 5 nitrogen and oxygen atoms in total. The molecule has 2 aromatic carbocycles. The molecule has 2 amide bonds. The van der Waals surface area contributed by atoms with Crippen LogP contribution in [0.25, 0.3) is 0 Å². The SMILES string of the molecule is CCc1ccc(C(C)CC(=O)Nc2ccccc2C(=O)NCCN)cc1.Cl. The van der Waals surface area contributed by atoms with Crippen molar-refractivity contribution in [3.8, 4) is 0 Å². The fourth-order valence-corrected chi connectivity index (χ4v) is 2.75. The quantitative estimate of drug-likeness (QED) is 0.646. The van der Waals surface area contributed by atoms with Gasteiger partial charge in [-0.25, -0.2) is 0 Å². The van der Waals surface area contributed by atoms with Crippen molar-refractivity contribution in [1.29, 1.82) is 0 Å². The van der Waals surface area contributed by atoms with Crippen molar-refractivity contribution in [2.45, 2.75) is 32.6 Å². The van der Waals surface area contributed by atoms with Gasteiger partial charge >= 0.3 is 0 Å². The van der Waals surface area contributed by atoms with Crippen molar-refractivity contribution in [3.63, 3.8) is 0 Å². The van der Waals surface area contributed by atoms with Crippen molar-refractivity contribution < 1.29 is 9.59 Å². The fraction of sp³-hybridized carbons (Fsp3) is 0.333. The number of hydrogen-bond donors (Lipinski definition) is 3. The van der Waals surface area contributed by atoms with Crippen LogP contribution in [0.1, 0.15) is 47.7 Å². The van der Waals surface area contributed by atoms with E-state index in [4.69, 9.17) is 5.73 Å². The summed E-state index contributed by atoms with van der Waals surface area (Å²) in [6, 6.07) is 15.3. The number of rotatable bonds is 8. The van der Waals surface area contributed by atoms with E-state index in [2.05, 4.69) is 41.8 Å². The number of nitrogens with one attached hydrogen (secondary N) is 2. The number of aryl methyl sites for hydroxylation is 1. The van der Waals surface area contributed by atoms with Crippen LogP contribution < -0.4 is 16.4 Å². The molecule has 1 atom stereocenters. The van der Waals surface area contributed by atoms with Gasteiger partial charge in [0.1, 0.15) is 0 Å². The molecule has 0 radical (unpaired) electrons. The molecule has 27 heavy (non-hydrogen) atoms. The second-order valence-corrected chi connectivity index (χ2v) is 6.34. The second-order valence-electron chi connectivity index (χ2n) is 6.34. The average molecular weight is 390 g/mol. The molecule has 0 spiro atoms. The standard InChI is InChI=1S/C21H27N3O2.ClH/c1-3-16-8-10-17(11-9-16)15(2)14-20(25)24-19-7-5-4-6-18(19)21(26)23-13-12-22;/h4-11,15H,3,12-14,22H2,1-2H3,(H,23,26)(H,24,25);1H.